The summed E-state index contributed by atoms with van der Waals surface area (Å²) in [6.45, 7) is 3.20. The molecule has 5 nitrogen and oxygen atoms in total. The zero-order chi connectivity index (χ0) is 13.7. The van der Waals surface area contributed by atoms with E-state index in [1.807, 2.05) is 0 Å². The Balaban J connectivity index is 2.05. The van der Waals surface area contributed by atoms with Gasteiger partial charge < -0.3 is 5.32 Å². The van der Waals surface area contributed by atoms with Gasteiger partial charge >= 0.3 is 0 Å². The molecule has 0 aromatic carbocycles. The van der Waals surface area contributed by atoms with Crippen LogP contribution in [0.15, 0.2) is 6.07 Å². The fourth-order valence-corrected chi connectivity index (χ4v) is 3.27. The van der Waals surface area contributed by atoms with Gasteiger partial charge in [-0.3, -0.25) is 19.3 Å². The average Bonchev–Trinajstić information content (AvgIpc) is 3.11. The van der Waals surface area contributed by atoms with Crippen molar-refractivity contribution >= 4 is 39.6 Å². The smallest absolute Gasteiger partial charge is 0.247 e. The Morgan fingerprint density at radius 2 is 2.11 bits per heavy atom. The number of fused-ring (bicyclic) bond motifs is 1. The van der Waals surface area contributed by atoms with Gasteiger partial charge in [0, 0.05) is 5.92 Å². The van der Waals surface area contributed by atoms with Crippen LogP contribution in [0.1, 0.15) is 36.4 Å². The van der Waals surface area contributed by atoms with Crippen LogP contribution in [0.25, 0.3) is 0 Å². The van der Waals surface area contributed by atoms with Crippen LogP contribution in [0.2, 0.25) is 0 Å². The summed E-state index contributed by atoms with van der Waals surface area (Å²) >= 11 is 1.27. The van der Waals surface area contributed by atoms with Gasteiger partial charge in [0.25, 0.3) is 0 Å². The maximum atomic E-state index is 12.3. The number of amides is 2. The molecule has 2 heterocycles. The number of ketones is 1. The van der Waals surface area contributed by atoms with Crippen molar-refractivity contribution in [1.82, 2.24) is 0 Å². The van der Waals surface area contributed by atoms with Gasteiger partial charge in [0.05, 0.1) is 10.6 Å². The lowest BCUT2D eigenvalue weighted by Gasteiger charge is -2.32. The van der Waals surface area contributed by atoms with Crippen molar-refractivity contribution in [3.8, 4) is 0 Å². The van der Waals surface area contributed by atoms with E-state index in [9.17, 15) is 14.4 Å². The van der Waals surface area contributed by atoms with E-state index < -0.39 is 6.04 Å². The first-order valence-corrected chi connectivity index (χ1v) is 7.09. The number of anilines is 2. The van der Waals surface area contributed by atoms with Gasteiger partial charge in [0.15, 0.2) is 5.78 Å². The molecule has 0 unspecified atom stereocenters. The van der Waals surface area contributed by atoms with E-state index in [4.69, 9.17) is 0 Å². The number of hydrogen-bond donors (Lipinski definition) is 1. The third kappa shape index (κ3) is 1.96. The van der Waals surface area contributed by atoms with Crippen molar-refractivity contribution in [2.45, 2.75) is 32.7 Å². The Labute approximate surface area is 114 Å². The topological polar surface area (TPSA) is 66.5 Å². The third-order valence-corrected chi connectivity index (χ3v) is 4.70. The Morgan fingerprint density at radius 1 is 1.42 bits per heavy atom. The van der Waals surface area contributed by atoms with Crippen LogP contribution in [-0.2, 0) is 9.59 Å². The molecule has 1 saturated carbocycles. The quantitative estimate of drug-likeness (QED) is 0.842. The molecule has 1 fully saturated rings. The van der Waals surface area contributed by atoms with Gasteiger partial charge in [-0.25, -0.2) is 0 Å². The molecule has 3 rings (SSSR count). The van der Waals surface area contributed by atoms with Crippen molar-refractivity contribution in [2.24, 2.45) is 5.92 Å². The number of rotatable bonds is 2. The van der Waals surface area contributed by atoms with Crippen molar-refractivity contribution in [3.63, 3.8) is 0 Å². The number of nitrogens with zero attached hydrogens (tertiary/aromatic N) is 1. The standard InChI is InChI=1S/C13H14N2O3S/c1-6-11(17)14-9-5-10(7(2)16)19-13(9)15(6)12(18)8-3-4-8/h5-6,8H,3-4H2,1-2H3,(H,14,17)/t6-/m0/s1. The molecule has 19 heavy (non-hydrogen) atoms. The maximum absolute atomic E-state index is 12.3. The molecule has 0 saturated heterocycles. The predicted molar refractivity (Wildman–Crippen MR) is 72.6 cm³/mol. The number of Topliss-reactive ketones (excluding diaryl/α,β-unsaturated/α-hetero) is 1. The van der Waals surface area contributed by atoms with E-state index in [1.165, 1.54) is 18.3 Å². The molecule has 1 aromatic rings. The van der Waals surface area contributed by atoms with Crippen molar-refractivity contribution < 1.29 is 14.4 Å². The van der Waals surface area contributed by atoms with E-state index in [0.717, 1.165) is 12.8 Å². The Bertz CT molecular complexity index is 589. The highest BCUT2D eigenvalue weighted by atomic mass is 32.1. The first-order valence-electron chi connectivity index (χ1n) is 6.27. The Kier molecular flexibility index (Phi) is 2.70. The zero-order valence-corrected chi connectivity index (χ0v) is 11.5. The summed E-state index contributed by atoms with van der Waals surface area (Å²) in [4.78, 5) is 37.8. The summed E-state index contributed by atoms with van der Waals surface area (Å²) < 4.78 is 0. The molecule has 1 aliphatic heterocycles. The van der Waals surface area contributed by atoms with Crippen molar-refractivity contribution in [2.75, 3.05) is 10.2 Å². The summed E-state index contributed by atoms with van der Waals surface area (Å²) in [5.74, 6) is -0.209. The molecule has 100 valence electrons. The van der Waals surface area contributed by atoms with Crippen LogP contribution in [0.5, 0.6) is 0 Å². The van der Waals surface area contributed by atoms with Crippen LogP contribution < -0.4 is 10.2 Å². The molecule has 0 spiro atoms. The van der Waals surface area contributed by atoms with Gasteiger partial charge in [-0.2, -0.15) is 0 Å². The number of nitrogens with one attached hydrogen (secondary N) is 1. The predicted octanol–water partition coefficient (Wildman–Crippen LogP) is 2.03. The fraction of sp³-hybridized carbons (Fsp3) is 0.462. The number of thiophene rings is 1. The summed E-state index contributed by atoms with van der Waals surface area (Å²) in [6, 6.07) is 1.14. The molecule has 2 aliphatic rings. The van der Waals surface area contributed by atoms with Crippen LogP contribution in [0, 0.1) is 5.92 Å². The second kappa shape index (κ2) is 4.16. The van der Waals surface area contributed by atoms with Gasteiger partial charge in [-0.15, -0.1) is 11.3 Å². The van der Waals surface area contributed by atoms with Crippen LogP contribution in [0.3, 0.4) is 0 Å². The lowest BCUT2D eigenvalue weighted by Crippen LogP contribution is -2.49. The lowest BCUT2D eigenvalue weighted by atomic mass is 10.1. The Morgan fingerprint density at radius 3 is 2.68 bits per heavy atom. The van der Waals surface area contributed by atoms with Crippen LogP contribution >= 0.6 is 11.3 Å². The number of carbonyl (C=O) groups excluding carboxylic acids is 3. The van der Waals surface area contributed by atoms with E-state index in [-0.39, 0.29) is 23.5 Å². The van der Waals surface area contributed by atoms with Crippen molar-refractivity contribution in [1.29, 1.82) is 0 Å². The first-order chi connectivity index (χ1) is 8.99. The monoisotopic (exact) mass is 278 g/mol. The van der Waals surface area contributed by atoms with Crippen LogP contribution in [-0.4, -0.2) is 23.6 Å². The third-order valence-electron chi connectivity index (χ3n) is 3.47. The molecule has 0 bridgehead atoms. The van der Waals surface area contributed by atoms with Gasteiger partial charge in [-0.05, 0) is 32.8 Å². The highest BCUT2D eigenvalue weighted by Crippen LogP contribution is 2.43. The maximum Gasteiger partial charge on any atom is 0.247 e. The first kappa shape index (κ1) is 12.3. The Hall–Kier alpha value is -1.69. The number of carbonyl (C=O) groups is 3. The average molecular weight is 278 g/mol. The summed E-state index contributed by atoms with van der Waals surface area (Å²) in [6.07, 6.45) is 1.79. The molecule has 0 radical (unpaired) electrons. The second-order valence-corrected chi connectivity index (χ2v) is 6.06. The molecule has 1 atom stereocenters. The van der Waals surface area contributed by atoms with Gasteiger partial charge in [0.2, 0.25) is 11.8 Å². The minimum absolute atomic E-state index is 0.000511. The molecule has 1 N–H and O–H groups in total. The second-order valence-electron chi connectivity index (χ2n) is 5.03. The molecular weight excluding hydrogens is 264 g/mol. The SMILES string of the molecule is CC(=O)c1cc2c(s1)N(C(=O)C1CC1)[C@@H](C)C(=O)N2. The molecular formula is C13H14N2O3S. The van der Waals surface area contributed by atoms with E-state index in [0.29, 0.717) is 15.6 Å². The minimum Gasteiger partial charge on any atom is -0.322 e. The molecule has 1 aromatic heterocycles. The normalized spacial score (nSPS) is 21.9. The summed E-state index contributed by atoms with van der Waals surface area (Å²) in [5.41, 5.74) is 0.576. The van der Waals surface area contributed by atoms with Gasteiger partial charge in [0.1, 0.15) is 11.0 Å². The van der Waals surface area contributed by atoms with Crippen molar-refractivity contribution in [3.05, 3.63) is 10.9 Å². The lowest BCUT2D eigenvalue weighted by molar-refractivity contribution is -0.124. The van der Waals surface area contributed by atoms with Crippen LogP contribution in [0.4, 0.5) is 10.7 Å². The minimum atomic E-state index is -0.515. The fourth-order valence-electron chi connectivity index (χ4n) is 2.17. The van der Waals surface area contributed by atoms with Gasteiger partial charge in [-0.1, -0.05) is 0 Å². The zero-order valence-electron chi connectivity index (χ0n) is 10.7. The highest BCUT2D eigenvalue weighted by molar-refractivity contribution is 7.19. The molecule has 2 amide bonds. The van der Waals surface area contributed by atoms with E-state index in [2.05, 4.69) is 5.32 Å². The van der Waals surface area contributed by atoms with E-state index in [1.54, 1.807) is 17.9 Å². The largest absolute Gasteiger partial charge is 0.322 e. The summed E-state index contributed by atoms with van der Waals surface area (Å²) in [7, 11) is 0. The summed E-state index contributed by atoms with van der Waals surface area (Å²) in [5, 5.41) is 3.44. The number of hydrogen-bond acceptors (Lipinski definition) is 4. The highest BCUT2D eigenvalue weighted by Gasteiger charge is 2.42. The molecule has 6 heteroatoms. The van der Waals surface area contributed by atoms with E-state index >= 15 is 0 Å². The molecule has 1 aliphatic carbocycles.